The predicted molar refractivity (Wildman–Crippen MR) is 130 cm³/mol. The number of ether oxygens (including phenoxy) is 3. The summed E-state index contributed by atoms with van der Waals surface area (Å²) in [4.78, 5) is 14.4. The van der Waals surface area contributed by atoms with E-state index in [4.69, 9.17) is 24.2 Å². The summed E-state index contributed by atoms with van der Waals surface area (Å²) in [5.74, 6) is 4.40. The number of anilines is 1. The number of fused-ring (bicyclic) bond motifs is 2. The quantitative estimate of drug-likeness (QED) is 0.451. The van der Waals surface area contributed by atoms with Crippen molar-refractivity contribution in [1.82, 2.24) is 19.5 Å². The van der Waals surface area contributed by atoms with Crippen LogP contribution in [0.4, 0.5) is 5.95 Å². The number of rotatable bonds is 5. The SMILES string of the molecule is COc1ccc2c(c1)nc(-c1ccc3c(c1)OCCO3)n2-c1ccnc(NC2CCCCC2)n1. The molecule has 0 saturated heterocycles. The van der Waals surface area contributed by atoms with E-state index in [1.165, 1.54) is 19.3 Å². The number of nitrogens with zero attached hydrogens (tertiary/aromatic N) is 4. The Balaban J connectivity index is 1.46. The van der Waals surface area contributed by atoms with E-state index in [1.807, 2.05) is 42.5 Å². The molecule has 1 aliphatic heterocycles. The highest BCUT2D eigenvalue weighted by atomic mass is 16.6. The van der Waals surface area contributed by atoms with E-state index < -0.39 is 0 Å². The molecule has 0 unspecified atom stereocenters. The Morgan fingerprint density at radius 2 is 1.79 bits per heavy atom. The number of nitrogens with one attached hydrogen (secondary N) is 1. The Morgan fingerprint density at radius 1 is 0.941 bits per heavy atom. The first-order valence-corrected chi connectivity index (χ1v) is 11.8. The minimum atomic E-state index is 0.421. The van der Waals surface area contributed by atoms with Crippen LogP contribution in [-0.4, -0.2) is 45.9 Å². The lowest BCUT2D eigenvalue weighted by Crippen LogP contribution is -2.23. The summed E-state index contributed by atoms with van der Waals surface area (Å²) in [6, 6.07) is 14.1. The minimum Gasteiger partial charge on any atom is -0.497 e. The van der Waals surface area contributed by atoms with Crippen LogP contribution in [0.1, 0.15) is 32.1 Å². The highest BCUT2D eigenvalue weighted by Gasteiger charge is 2.20. The van der Waals surface area contributed by atoms with E-state index in [2.05, 4.69) is 14.9 Å². The number of imidazole rings is 1. The lowest BCUT2D eigenvalue weighted by Gasteiger charge is -2.23. The van der Waals surface area contributed by atoms with Crippen molar-refractivity contribution in [2.24, 2.45) is 0 Å². The van der Waals surface area contributed by atoms with E-state index in [0.717, 1.165) is 58.3 Å². The zero-order valence-corrected chi connectivity index (χ0v) is 19.2. The Morgan fingerprint density at radius 3 is 2.65 bits per heavy atom. The maximum atomic E-state index is 5.83. The minimum absolute atomic E-state index is 0.421. The zero-order chi connectivity index (χ0) is 22.9. The van der Waals surface area contributed by atoms with Crippen LogP contribution < -0.4 is 19.5 Å². The molecular weight excluding hydrogens is 430 g/mol. The summed E-state index contributed by atoms with van der Waals surface area (Å²) in [7, 11) is 1.66. The van der Waals surface area contributed by atoms with Crippen LogP contribution in [-0.2, 0) is 0 Å². The summed E-state index contributed by atoms with van der Waals surface area (Å²) in [5, 5.41) is 3.54. The lowest BCUT2D eigenvalue weighted by atomic mass is 9.96. The Labute approximate surface area is 197 Å². The summed E-state index contributed by atoms with van der Waals surface area (Å²) in [5.41, 5.74) is 2.68. The van der Waals surface area contributed by atoms with Gasteiger partial charge in [0.2, 0.25) is 5.95 Å². The van der Waals surface area contributed by atoms with E-state index in [-0.39, 0.29) is 0 Å². The molecule has 1 saturated carbocycles. The van der Waals surface area contributed by atoms with Crippen molar-refractivity contribution >= 4 is 17.0 Å². The second-order valence-electron chi connectivity index (χ2n) is 8.70. The van der Waals surface area contributed by atoms with Gasteiger partial charge in [0, 0.05) is 23.9 Å². The predicted octanol–water partition coefficient (Wildman–Crippen LogP) is 5.01. The molecule has 0 bridgehead atoms. The van der Waals surface area contributed by atoms with E-state index >= 15 is 0 Å². The van der Waals surface area contributed by atoms with Crippen molar-refractivity contribution in [3.05, 3.63) is 48.7 Å². The van der Waals surface area contributed by atoms with Crippen molar-refractivity contribution in [2.45, 2.75) is 38.1 Å². The molecule has 3 heterocycles. The van der Waals surface area contributed by atoms with Crippen LogP contribution in [0.15, 0.2) is 48.7 Å². The fourth-order valence-corrected chi connectivity index (χ4v) is 4.77. The van der Waals surface area contributed by atoms with Crippen LogP contribution in [0, 0.1) is 0 Å². The molecule has 2 aromatic carbocycles. The van der Waals surface area contributed by atoms with E-state index in [1.54, 1.807) is 13.3 Å². The third-order valence-electron chi connectivity index (χ3n) is 6.47. The van der Waals surface area contributed by atoms with Gasteiger partial charge >= 0.3 is 0 Å². The first kappa shape index (κ1) is 20.8. The molecular formula is C26H27N5O3. The Hall–Kier alpha value is -3.81. The Bertz CT molecular complexity index is 1330. The van der Waals surface area contributed by atoms with Crippen molar-refractivity contribution in [1.29, 1.82) is 0 Å². The van der Waals surface area contributed by atoms with E-state index in [9.17, 15) is 0 Å². The molecule has 6 rings (SSSR count). The third-order valence-corrected chi connectivity index (χ3v) is 6.47. The standard InChI is InChI=1S/C26H27N5O3/c1-32-19-8-9-21-20(16-19)29-25(17-7-10-22-23(15-17)34-14-13-33-22)31(21)24-11-12-27-26(30-24)28-18-5-3-2-4-6-18/h7-12,15-16,18H,2-6,13-14H2,1H3,(H,27,28,30). The summed E-state index contributed by atoms with van der Waals surface area (Å²) in [6.07, 6.45) is 7.92. The molecule has 0 amide bonds. The second-order valence-corrected chi connectivity index (χ2v) is 8.70. The average Bonchev–Trinajstić information content (AvgIpc) is 3.28. The first-order chi connectivity index (χ1) is 16.8. The topological polar surface area (TPSA) is 83.3 Å². The maximum Gasteiger partial charge on any atom is 0.224 e. The van der Waals surface area contributed by atoms with Gasteiger partial charge < -0.3 is 19.5 Å². The van der Waals surface area contributed by atoms with Crippen LogP contribution in [0.5, 0.6) is 17.2 Å². The van der Waals surface area contributed by atoms with Crippen molar-refractivity contribution < 1.29 is 14.2 Å². The van der Waals surface area contributed by atoms with Gasteiger partial charge in [0.1, 0.15) is 30.6 Å². The molecule has 0 spiro atoms. The van der Waals surface area contributed by atoms with Gasteiger partial charge in [0.05, 0.1) is 18.1 Å². The van der Waals surface area contributed by atoms with Crippen LogP contribution in [0.2, 0.25) is 0 Å². The lowest BCUT2D eigenvalue weighted by molar-refractivity contribution is 0.171. The largest absolute Gasteiger partial charge is 0.497 e. The van der Waals surface area contributed by atoms with Gasteiger partial charge in [0.25, 0.3) is 0 Å². The van der Waals surface area contributed by atoms with Gasteiger partial charge in [-0.05, 0) is 49.2 Å². The second kappa shape index (κ2) is 8.85. The molecule has 0 atom stereocenters. The number of hydrogen-bond acceptors (Lipinski definition) is 7. The third kappa shape index (κ3) is 3.89. The van der Waals surface area contributed by atoms with Crippen LogP contribution >= 0.6 is 0 Å². The summed E-state index contributed by atoms with van der Waals surface area (Å²) < 4.78 is 19.0. The molecule has 34 heavy (non-hydrogen) atoms. The molecule has 1 aliphatic carbocycles. The van der Waals surface area contributed by atoms with Gasteiger partial charge in [-0.25, -0.2) is 9.97 Å². The number of methoxy groups -OCH3 is 1. The molecule has 1 N–H and O–H groups in total. The molecule has 4 aromatic rings. The van der Waals surface area contributed by atoms with Crippen molar-refractivity contribution in [2.75, 3.05) is 25.6 Å². The zero-order valence-electron chi connectivity index (χ0n) is 19.2. The van der Waals surface area contributed by atoms with Crippen LogP contribution in [0.3, 0.4) is 0 Å². The Kier molecular flexibility index (Phi) is 5.41. The average molecular weight is 458 g/mol. The molecule has 174 valence electrons. The van der Waals surface area contributed by atoms with Gasteiger partial charge in [-0.2, -0.15) is 4.98 Å². The normalized spacial score (nSPS) is 15.9. The summed E-state index contributed by atoms with van der Waals surface area (Å²) in [6.45, 7) is 1.09. The highest BCUT2D eigenvalue weighted by Crippen LogP contribution is 2.36. The maximum absolute atomic E-state index is 5.83. The number of hydrogen-bond donors (Lipinski definition) is 1. The highest BCUT2D eigenvalue weighted by molar-refractivity contribution is 5.84. The van der Waals surface area contributed by atoms with E-state index in [0.29, 0.717) is 25.2 Å². The van der Waals surface area contributed by atoms with Crippen molar-refractivity contribution in [3.8, 4) is 34.5 Å². The smallest absolute Gasteiger partial charge is 0.224 e. The van der Waals surface area contributed by atoms with Gasteiger partial charge in [-0.3, -0.25) is 4.57 Å². The van der Waals surface area contributed by atoms with Gasteiger partial charge in [-0.15, -0.1) is 0 Å². The van der Waals surface area contributed by atoms with Crippen molar-refractivity contribution in [3.63, 3.8) is 0 Å². The molecule has 8 nitrogen and oxygen atoms in total. The molecule has 0 radical (unpaired) electrons. The molecule has 8 heteroatoms. The first-order valence-electron chi connectivity index (χ1n) is 11.8. The molecule has 2 aromatic heterocycles. The molecule has 2 aliphatic rings. The number of benzene rings is 2. The fraction of sp³-hybridized carbons (Fsp3) is 0.346. The van der Waals surface area contributed by atoms with Gasteiger partial charge in [0.15, 0.2) is 11.5 Å². The monoisotopic (exact) mass is 457 g/mol. The summed E-state index contributed by atoms with van der Waals surface area (Å²) >= 11 is 0. The van der Waals surface area contributed by atoms with Crippen LogP contribution in [0.25, 0.3) is 28.2 Å². The number of aromatic nitrogens is 4. The molecule has 1 fully saturated rings. The fourth-order valence-electron chi connectivity index (χ4n) is 4.77. The van der Waals surface area contributed by atoms with Gasteiger partial charge in [-0.1, -0.05) is 19.3 Å².